The molecule has 1 fully saturated rings. The molecule has 28 heavy (non-hydrogen) atoms. The van der Waals surface area contributed by atoms with Crippen LogP contribution < -0.4 is 10.6 Å². The van der Waals surface area contributed by atoms with Crippen LogP contribution in [-0.4, -0.2) is 38.8 Å². The molecule has 8 nitrogen and oxygen atoms in total. The number of aromatic amines is 1. The van der Waals surface area contributed by atoms with Crippen molar-refractivity contribution in [3.8, 4) is 0 Å². The van der Waals surface area contributed by atoms with Crippen LogP contribution in [0.25, 0.3) is 11.0 Å². The van der Waals surface area contributed by atoms with Gasteiger partial charge in [-0.2, -0.15) is 0 Å². The molecular weight excluding hydrogens is 358 g/mol. The Hall–Kier alpha value is -3.16. The Morgan fingerprint density at radius 1 is 1.21 bits per heavy atom. The fraction of sp³-hybridized carbons (Fsp3) is 0.400. The van der Waals surface area contributed by atoms with Crippen molar-refractivity contribution in [2.45, 2.75) is 51.1 Å². The van der Waals surface area contributed by atoms with Gasteiger partial charge in [-0.05, 0) is 38.3 Å². The monoisotopic (exact) mass is 381 g/mol. The fourth-order valence-corrected chi connectivity index (χ4v) is 3.68. The number of nitrogens with one attached hydrogen (secondary N) is 3. The first kappa shape index (κ1) is 18.2. The Morgan fingerprint density at radius 2 is 2.00 bits per heavy atom. The van der Waals surface area contributed by atoms with Crippen LogP contribution in [0.1, 0.15) is 47.8 Å². The molecule has 2 atom stereocenters. The van der Waals surface area contributed by atoms with Gasteiger partial charge in [0.1, 0.15) is 11.6 Å². The highest BCUT2D eigenvalue weighted by molar-refractivity contribution is 5.93. The van der Waals surface area contributed by atoms with Crippen LogP contribution in [0.3, 0.4) is 0 Å². The third-order valence-electron chi connectivity index (χ3n) is 5.12. The number of carbonyl (C=O) groups excluding carboxylic acids is 2. The van der Waals surface area contributed by atoms with E-state index in [1.54, 1.807) is 6.92 Å². The van der Waals surface area contributed by atoms with E-state index in [9.17, 15) is 9.59 Å². The molecule has 3 N–H and O–H groups in total. The van der Waals surface area contributed by atoms with Gasteiger partial charge in [-0.3, -0.25) is 9.59 Å². The molecule has 4 rings (SSSR count). The van der Waals surface area contributed by atoms with Crippen LogP contribution in [-0.2, 0) is 11.2 Å². The molecule has 0 unspecified atom stereocenters. The maximum atomic E-state index is 12.3. The Labute approximate surface area is 162 Å². The van der Waals surface area contributed by atoms with E-state index in [0.29, 0.717) is 24.3 Å². The number of benzene rings is 1. The van der Waals surface area contributed by atoms with Crippen LogP contribution in [0.2, 0.25) is 0 Å². The second-order valence-electron chi connectivity index (χ2n) is 7.21. The molecule has 2 heterocycles. The number of aryl methyl sites for hydroxylation is 2. The molecule has 1 aliphatic rings. The molecule has 1 aliphatic carbocycles. The lowest BCUT2D eigenvalue weighted by Crippen LogP contribution is -2.37. The number of amides is 2. The maximum absolute atomic E-state index is 12.3. The standard InChI is InChI=1S/C20H23N5O3/c1-12-19(21-11-28-12)20(27)23-14-7-6-13(10-14)22-18(26)9-8-17-24-15-4-2-3-5-16(15)25-17/h2-5,11,13-14H,6-10H2,1H3,(H,22,26)(H,23,27)(H,24,25)/t13-,14+/m1/s1. The summed E-state index contributed by atoms with van der Waals surface area (Å²) in [4.78, 5) is 36.2. The summed E-state index contributed by atoms with van der Waals surface area (Å²) in [6.07, 6.45) is 4.61. The molecule has 2 amide bonds. The summed E-state index contributed by atoms with van der Waals surface area (Å²) in [5.41, 5.74) is 2.21. The number of H-pyrrole nitrogens is 1. The van der Waals surface area contributed by atoms with E-state index in [1.165, 1.54) is 6.39 Å². The van der Waals surface area contributed by atoms with Crippen molar-refractivity contribution in [2.24, 2.45) is 0 Å². The van der Waals surface area contributed by atoms with Crippen molar-refractivity contribution in [3.63, 3.8) is 0 Å². The molecule has 1 aromatic carbocycles. The first-order valence-corrected chi connectivity index (χ1v) is 9.52. The van der Waals surface area contributed by atoms with Gasteiger partial charge in [0, 0.05) is 24.9 Å². The molecule has 1 saturated carbocycles. The Morgan fingerprint density at radius 3 is 2.75 bits per heavy atom. The number of hydrogen-bond acceptors (Lipinski definition) is 5. The zero-order valence-electron chi connectivity index (χ0n) is 15.7. The van der Waals surface area contributed by atoms with Gasteiger partial charge in [0.15, 0.2) is 12.1 Å². The smallest absolute Gasteiger partial charge is 0.273 e. The third kappa shape index (κ3) is 4.05. The van der Waals surface area contributed by atoms with Crippen molar-refractivity contribution >= 4 is 22.8 Å². The summed E-state index contributed by atoms with van der Waals surface area (Å²) in [7, 11) is 0. The molecule has 0 saturated heterocycles. The molecular formula is C20H23N5O3. The highest BCUT2D eigenvalue weighted by Gasteiger charge is 2.28. The second kappa shape index (κ2) is 7.84. The van der Waals surface area contributed by atoms with E-state index < -0.39 is 0 Å². The minimum Gasteiger partial charge on any atom is -0.448 e. The largest absolute Gasteiger partial charge is 0.448 e. The molecule has 0 radical (unpaired) electrons. The Bertz CT molecular complexity index is 960. The van der Waals surface area contributed by atoms with Crippen molar-refractivity contribution in [1.82, 2.24) is 25.6 Å². The van der Waals surface area contributed by atoms with Gasteiger partial charge in [-0.1, -0.05) is 12.1 Å². The van der Waals surface area contributed by atoms with Gasteiger partial charge in [0.2, 0.25) is 5.91 Å². The first-order valence-electron chi connectivity index (χ1n) is 9.52. The zero-order valence-corrected chi connectivity index (χ0v) is 15.7. The average molecular weight is 381 g/mol. The average Bonchev–Trinajstić information content (AvgIpc) is 3.39. The number of imidazole rings is 1. The topological polar surface area (TPSA) is 113 Å². The molecule has 0 spiro atoms. The Kier molecular flexibility index (Phi) is 5.10. The van der Waals surface area contributed by atoms with Crippen LogP contribution in [0, 0.1) is 6.92 Å². The zero-order chi connectivity index (χ0) is 19.5. The van der Waals surface area contributed by atoms with E-state index in [-0.39, 0.29) is 23.9 Å². The minimum absolute atomic E-state index is 0.00442. The summed E-state index contributed by atoms with van der Waals surface area (Å²) < 4.78 is 5.07. The quantitative estimate of drug-likeness (QED) is 0.606. The molecule has 3 aromatic rings. The van der Waals surface area contributed by atoms with Crippen molar-refractivity contribution in [1.29, 1.82) is 0 Å². The lowest BCUT2D eigenvalue weighted by molar-refractivity contribution is -0.121. The number of fused-ring (bicyclic) bond motifs is 1. The summed E-state index contributed by atoms with van der Waals surface area (Å²) in [6, 6.07) is 7.92. The van der Waals surface area contributed by atoms with Gasteiger partial charge < -0.3 is 20.0 Å². The highest BCUT2D eigenvalue weighted by atomic mass is 16.3. The van der Waals surface area contributed by atoms with E-state index in [0.717, 1.165) is 36.1 Å². The summed E-state index contributed by atoms with van der Waals surface area (Å²) in [5, 5.41) is 6.04. The predicted molar refractivity (Wildman–Crippen MR) is 103 cm³/mol. The van der Waals surface area contributed by atoms with Crippen molar-refractivity contribution in [2.75, 3.05) is 0 Å². The SMILES string of the molecule is Cc1ocnc1C(=O)N[C@H]1CC[C@@H](NC(=O)CCc2nc3ccccc3[nH]2)C1. The number of hydrogen-bond donors (Lipinski definition) is 3. The first-order chi connectivity index (χ1) is 13.6. The van der Waals surface area contributed by atoms with E-state index >= 15 is 0 Å². The lowest BCUT2D eigenvalue weighted by atomic mass is 10.2. The van der Waals surface area contributed by atoms with E-state index in [2.05, 4.69) is 25.6 Å². The van der Waals surface area contributed by atoms with Gasteiger partial charge in [0.25, 0.3) is 5.91 Å². The van der Waals surface area contributed by atoms with E-state index in [4.69, 9.17) is 4.42 Å². The summed E-state index contributed by atoms with van der Waals surface area (Å²) in [6.45, 7) is 1.71. The molecule has 8 heteroatoms. The van der Waals surface area contributed by atoms with Crippen LogP contribution in [0.4, 0.5) is 0 Å². The van der Waals surface area contributed by atoms with Crippen LogP contribution in [0.5, 0.6) is 0 Å². The normalized spacial score (nSPS) is 19.0. The second-order valence-corrected chi connectivity index (χ2v) is 7.21. The van der Waals surface area contributed by atoms with Crippen molar-refractivity contribution < 1.29 is 14.0 Å². The predicted octanol–water partition coefficient (Wildman–Crippen LogP) is 2.26. The maximum Gasteiger partial charge on any atom is 0.273 e. The number of rotatable bonds is 6. The molecule has 0 bridgehead atoms. The third-order valence-corrected chi connectivity index (χ3v) is 5.12. The van der Waals surface area contributed by atoms with Gasteiger partial charge >= 0.3 is 0 Å². The number of carbonyl (C=O) groups is 2. The number of nitrogens with zero attached hydrogens (tertiary/aromatic N) is 2. The number of oxazole rings is 1. The minimum atomic E-state index is -0.229. The highest BCUT2D eigenvalue weighted by Crippen LogP contribution is 2.20. The Balaban J connectivity index is 1.23. The fourth-order valence-electron chi connectivity index (χ4n) is 3.68. The summed E-state index contributed by atoms with van der Waals surface area (Å²) in [5.74, 6) is 1.10. The molecule has 2 aromatic heterocycles. The lowest BCUT2D eigenvalue weighted by Gasteiger charge is -2.14. The van der Waals surface area contributed by atoms with Crippen LogP contribution >= 0.6 is 0 Å². The van der Waals surface area contributed by atoms with Crippen molar-refractivity contribution in [3.05, 3.63) is 47.9 Å². The van der Waals surface area contributed by atoms with E-state index in [1.807, 2.05) is 24.3 Å². The van der Waals surface area contributed by atoms with Crippen LogP contribution in [0.15, 0.2) is 35.1 Å². The molecule has 0 aliphatic heterocycles. The number of para-hydroxylation sites is 2. The number of aromatic nitrogens is 3. The van der Waals surface area contributed by atoms with Gasteiger partial charge in [-0.25, -0.2) is 9.97 Å². The summed E-state index contributed by atoms with van der Waals surface area (Å²) >= 11 is 0. The molecule has 146 valence electrons. The van der Waals surface area contributed by atoms with Gasteiger partial charge in [-0.15, -0.1) is 0 Å². The van der Waals surface area contributed by atoms with Gasteiger partial charge in [0.05, 0.1) is 11.0 Å².